The van der Waals surface area contributed by atoms with Crippen molar-refractivity contribution in [3.8, 4) is 11.5 Å². The van der Waals surface area contributed by atoms with Gasteiger partial charge in [-0.3, -0.25) is 14.4 Å². The van der Waals surface area contributed by atoms with Crippen molar-refractivity contribution in [3.05, 3.63) is 48.0 Å². The minimum Gasteiger partial charge on any atom is -0.497 e. The Morgan fingerprint density at radius 1 is 1.06 bits per heavy atom. The lowest BCUT2D eigenvalue weighted by Gasteiger charge is -2.31. The second kappa shape index (κ2) is 9.52. The van der Waals surface area contributed by atoms with Crippen LogP contribution in [0.3, 0.4) is 0 Å². The highest BCUT2D eigenvalue weighted by Gasteiger charge is 2.39. The van der Waals surface area contributed by atoms with E-state index in [-0.39, 0.29) is 24.8 Å². The van der Waals surface area contributed by atoms with Gasteiger partial charge in [0.15, 0.2) is 6.10 Å². The standard InChI is InChI=1S/C25H28N2O6/c1-16(24(29)26-12-6-8-17-7-4-5-9-20(17)26)33-25(30)18-13-23(28)27(15-18)21-11-10-19(31-2)14-22(21)32-3/h4-5,7,9-11,14,16,18H,6,8,12-13,15H2,1-3H3. The molecule has 2 aliphatic heterocycles. The van der Waals surface area contributed by atoms with Gasteiger partial charge in [-0.15, -0.1) is 0 Å². The molecule has 2 aromatic rings. The smallest absolute Gasteiger partial charge is 0.312 e. The Bertz CT molecular complexity index is 1070. The zero-order valence-corrected chi connectivity index (χ0v) is 19.1. The van der Waals surface area contributed by atoms with Crippen LogP contribution in [0.1, 0.15) is 25.3 Å². The average molecular weight is 453 g/mol. The number of carbonyl (C=O) groups excluding carboxylic acids is 3. The molecule has 2 aliphatic rings. The van der Waals surface area contributed by atoms with Crippen LogP contribution in [0.5, 0.6) is 11.5 Å². The summed E-state index contributed by atoms with van der Waals surface area (Å²) in [6.45, 7) is 2.33. The highest BCUT2D eigenvalue weighted by molar-refractivity contribution is 6.02. The van der Waals surface area contributed by atoms with E-state index in [0.717, 1.165) is 24.1 Å². The lowest BCUT2D eigenvalue weighted by Crippen LogP contribution is -2.43. The van der Waals surface area contributed by atoms with E-state index in [2.05, 4.69) is 0 Å². The second-order valence-electron chi connectivity index (χ2n) is 8.24. The van der Waals surface area contributed by atoms with E-state index in [1.54, 1.807) is 37.1 Å². The summed E-state index contributed by atoms with van der Waals surface area (Å²) in [6.07, 6.45) is 0.854. The monoisotopic (exact) mass is 452 g/mol. The summed E-state index contributed by atoms with van der Waals surface area (Å²) in [5.74, 6) is -0.593. The number of carbonyl (C=O) groups is 3. The summed E-state index contributed by atoms with van der Waals surface area (Å²) >= 11 is 0. The third kappa shape index (κ3) is 4.51. The summed E-state index contributed by atoms with van der Waals surface area (Å²) in [6, 6.07) is 12.9. The highest BCUT2D eigenvalue weighted by Crippen LogP contribution is 2.36. The van der Waals surface area contributed by atoms with E-state index in [9.17, 15) is 14.4 Å². The number of hydrogen-bond acceptors (Lipinski definition) is 6. The minimum atomic E-state index is -0.941. The van der Waals surface area contributed by atoms with Gasteiger partial charge in [-0.1, -0.05) is 18.2 Å². The van der Waals surface area contributed by atoms with Gasteiger partial charge >= 0.3 is 5.97 Å². The molecule has 1 fully saturated rings. The number of methoxy groups -OCH3 is 2. The summed E-state index contributed by atoms with van der Waals surface area (Å²) in [7, 11) is 3.06. The fourth-order valence-corrected chi connectivity index (χ4v) is 4.41. The van der Waals surface area contributed by atoms with Gasteiger partial charge in [0.25, 0.3) is 5.91 Å². The number of ether oxygens (including phenoxy) is 3. The summed E-state index contributed by atoms with van der Waals surface area (Å²) in [4.78, 5) is 41.8. The Morgan fingerprint density at radius 2 is 1.85 bits per heavy atom. The minimum absolute atomic E-state index is 0.0154. The molecule has 0 N–H and O–H groups in total. The molecular formula is C25H28N2O6. The first-order chi connectivity index (χ1) is 15.9. The SMILES string of the molecule is COc1ccc(N2CC(C(=O)OC(C)C(=O)N3CCCc4ccccc43)CC2=O)c(OC)c1. The molecule has 0 bridgehead atoms. The number of amides is 2. The molecule has 33 heavy (non-hydrogen) atoms. The Hall–Kier alpha value is -3.55. The lowest BCUT2D eigenvalue weighted by atomic mass is 10.0. The van der Waals surface area contributed by atoms with E-state index in [1.807, 2.05) is 24.3 Å². The lowest BCUT2D eigenvalue weighted by molar-refractivity contribution is -0.157. The third-order valence-corrected chi connectivity index (χ3v) is 6.15. The molecule has 2 atom stereocenters. The zero-order valence-electron chi connectivity index (χ0n) is 19.1. The average Bonchev–Trinajstić information content (AvgIpc) is 3.24. The maximum absolute atomic E-state index is 13.0. The Labute approximate surface area is 193 Å². The first-order valence-corrected chi connectivity index (χ1v) is 11.0. The number of esters is 1. The fraction of sp³-hybridized carbons (Fsp3) is 0.400. The highest BCUT2D eigenvalue weighted by atomic mass is 16.5. The molecule has 2 unspecified atom stereocenters. The van der Waals surface area contributed by atoms with Crippen molar-refractivity contribution in [1.29, 1.82) is 0 Å². The first-order valence-electron chi connectivity index (χ1n) is 11.0. The van der Waals surface area contributed by atoms with Crippen molar-refractivity contribution in [2.24, 2.45) is 5.92 Å². The predicted octanol–water partition coefficient (Wildman–Crippen LogP) is 2.97. The topological polar surface area (TPSA) is 85.4 Å². The van der Waals surface area contributed by atoms with Gasteiger partial charge in [-0.25, -0.2) is 0 Å². The maximum Gasteiger partial charge on any atom is 0.312 e. The van der Waals surface area contributed by atoms with Crippen LogP contribution in [0.15, 0.2) is 42.5 Å². The molecular weight excluding hydrogens is 424 g/mol. The van der Waals surface area contributed by atoms with Crippen LogP contribution < -0.4 is 19.3 Å². The number of nitrogens with zero attached hydrogens (tertiary/aromatic N) is 2. The van der Waals surface area contributed by atoms with Crippen molar-refractivity contribution < 1.29 is 28.6 Å². The van der Waals surface area contributed by atoms with Crippen LogP contribution >= 0.6 is 0 Å². The van der Waals surface area contributed by atoms with Gasteiger partial charge in [0.05, 0.1) is 25.8 Å². The largest absolute Gasteiger partial charge is 0.497 e. The normalized spacial score (nSPS) is 18.5. The molecule has 2 heterocycles. The number of hydrogen-bond donors (Lipinski definition) is 0. The van der Waals surface area contributed by atoms with Crippen LogP contribution in [0.25, 0.3) is 0 Å². The number of para-hydroxylation sites is 1. The molecule has 174 valence electrons. The van der Waals surface area contributed by atoms with Gasteiger partial charge in [0, 0.05) is 31.3 Å². The van der Waals surface area contributed by atoms with E-state index in [1.165, 1.54) is 12.0 Å². The molecule has 2 amide bonds. The fourth-order valence-electron chi connectivity index (χ4n) is 4.41. The zero-order chi connectivity index (χ0) is 23.5. The van der Waals surface area contributed by atoms with Crippen molar-refractivity contribution in [3.63, 3.8) is 0 Å². The number of anilines is 2. The quantitative estimate of drug-likeness (QED) is 0.627. The molecule has 0 saturated carbocycles. The molecule has 0 aliphatic carbocycles. The Balaban J connectivity index is 1.42. The molecule has 2 aromatic carbocycles. The summed E-state index contributed by atoms with van der Waals surface area (Å²) in [5, 5.41) is 0. The number of rotatable bonds is 6. The summed E-state index contributed by atoms with van der Waals surface area (Å²) < 4.78 is 16.1. The Morgan fingerprint density at radius 3 is 2.61 bits per heavy atom. The second-order valence-corrected chi connectivity index (χ2v) is 8.24. The number of fused-ring (bicyclic) bond motifs is 1. The van der Waals surface area contributed by atoms with E-state index in [4.69, 9.17) is 14.2 Å². The van der Waals surface area contributed by atoms with Crippen LogP contribution in [0, 0.1) is 5.92 Å². The molecule has 4 rings (SSSR count). The van der Waals surface area contributed by atoms with Crippen molar-refractivity contribution in [2.45, 2.75) is 32.3 Å². The van der Waals surface area contributed by atoms with Gasteiger partial charge in [-0.05, 0) is 43.5 Å². The van der Waals surface area contributed by atoms with Crippen LogP contribution in [0.2, 0.25) is 0 Å². The predicted molar refractivity (Wildman–Crippen MR) is 123 cm³/mol. The van der Waals surface area contributed by atoms with Crippen LogP contribution in [-0.4, -0.2) is 51.2 Å². The molecule has 1 saturated heterocycles. The van der Waals surface area contributed by atoms with Crippen molar-refractivity contribution in [2.75, 3.05) is 37.1 Å². The van der Waals surface area contributed by atoms with Gasteiger partial charge in [-0.2, -0.15) is 0 Å². The van der Waals surface area contributed by atoms with Crippen molar-refractivity contribution >= 4 is 29.2 Å². The van der Waals surface area contributed by atoms with Crippen molar-refractivity contribution in [1.82, 2.24) is 0 Å². The molecule has 8 heteroatoms. The van der Waals surface area contributed by atoms with Crippen LogP contribution in [-0.2, 0) is 25.5 Å². The Kier molecular flexibility index (Phi) is 6.53. The van der Waals surface area contributed by atoms with E-state index in [0.29, 0.717) is 23.7 Å². The third-order valence-electron chi connectivity index (χ3n) is 6.15. The molecule has 0 aromatic heterocycles. The first kappa shape index (κ1) is 22.6. The molecule has 0 radical (unpaired) electrons. The summed E-state index contributed by atoms with van der Waals surface area (Å²) in [5.41, 5.74) is 2.54. The number of aryl methyl sites for hydroxylation is 1. The van der Waals surface area contributed by atoms with Crippen LogP contribution in [0.4, 0.5) is 11.4 Å². The van der Waals surface area contributed by atoms with Gasteiger partial charge in [0.2, 0.25) is 5.91 Å². The van der Waals surface area contributed by atoms with E-state index < -0.39 is 18.0 Å². The van der Waals surface area contributed by atoms with E-state index >= 15 is 0 Å². The molecule has 8 nitrogen and oxygen atoms in total. The van der Waals surface area contributed by atoms with Gasteiger partial charge in [0.1, 0.15) is 11.5 Å². The molecule has 0 spiro atoms. The number of benzene rings is 2. The maximum atomic E-state index is 13.0. The van der Waals surface area contributed by atoms with Gasteiger partial charge < -0.3 is 24.0 Å².